The lowest BCUT2D eigenvalue weighted by molar-refractivity contribution is 0.0988. The van der Waals surface area contributed by atoms with E-state index in [0.717, 1.165) is 22.3 Å². The summed E-state index contributed by atoms with van der Waals surface area (Å²) in [5, 5.41) is 0. The molecule has 1 aromatic heterocycles. The van der Waals surface area contributed by atoms with Crippen LogP contribution in [0.4, 0.5) is 8.78 Å². The van der Waals surface area contributed by atoms with Crippen molar-refractivity contribution in [1.29, 1.82) is 0 Å². The lowest BCUT2D eigenvalue weighted by atomic mass is 10.2. The van der Waals surface area contributed by atoms with Crippen molar-refractivity contribution in [3.8, 4) is 5.75 Å². The van der Waals surface area contributed by atoms with Crippen LogP contribution in [0.25, 0.3) is 10.2 Å². The summed E-state index contributed by atoms with van der Waals surface area (Å²) in [5.74, 6) is -2.17. The van der Waals surface area contributed by atoms with Crippen molar-refractivity contribution in [3.63, 3.8) is 0 Å². The molecule has 0 spiro atoms. The van der Waals surface area contributed by atoms with Crippen LogP contribution in [0.15, 0.2) is 41.4 Å². The Bertz CT molecular complexity index is 1020. The highest BCUT2D eigenvalue weighted by Gasteiger charge is 2.17. The smallest absolute Gasteiger partial charge is 0.285 e. The number of benzene rings is 2. The molecule has 27 heavy (non-hydrogen) atoms. The van der Waals surface area contributed by atoms with Crippen LogP contribution in [0.5, 0.6) is 5.75 Å². The summed E-state index contributed by atoms with van der Waals surface area (Å²) in [6, 6.07) is 8.74. The maximum Gasteiger partial charge on any atom is 0.285 e. The third-order valence-corrected chi connectivity index (χ3v) is 4.97. The molecule has 0 unspecified atom stereocenters. The zero-order chi connectivity index (χ0) is 19.4. The summed E-state index contributed by atoms with van der Waals surface area (Å²) in [5.41, 5.74) is 0.171. The van der Waals surface area contributed by atoms with Gasteiger partial charge in [-0.05, 0) is 37.3 Å². The van der Waals surface area contributed by atoms with E-state index < -0.39 is 23.1 Å². The molecular weight excluding hydrogens is 374 g/mol. The minimum atomic E-state index is -0.964. The van der Waals surface area contributed by atoms with Crippen molar-refractivity contribution in [2.24, 2.45) is 4.99 Å². The van der Waals surface area contributed by atoms with Gasteiger partial charge in [-0.3, -0.25) is 4.79 Å². The Balaban J connectivity index is 2.12. The standard InChI is InChI=1S/C19H18F2N2O3S/c1-3-26-10-9-23-15-8-7-12(25-2)11-16(15)27-19(23)22-18(24)17-13(20)5-4-6-14(17)21/h4-8,11H,3,9-10H2,1-2H3. The van der Waals surface area contributed by atoms with Crippen LogP contribution in [0.2, 0.25) is 0 Å². The van der Waals surface area contributed by atoms with Crippen LogP contribution >= 0.6 is 11.3 Å². The SMILES string of the molecule is CCOCCn1c(=NC(=O)c2c(F)cccc2F)sc2cc(OC)ccc21. The molecule has 0 saturated heterocycles. The highest BCUT2D eigenvalue weighted by Crippen LogP contribution is 2.23. The molecule has 1 amide bonds. The second-order valence-corrected chi connectivity index (χ2v) is 6.59. The van der Waals surface area contributed by atoms with Crippen LogP contribution in [0.3, 0.4) is 0 Å². The molecule has 0 fully saturated rings. The normalized spacial score (nSPS) is 11.9. The molecule has 142 valence electrons. The van der Waals surface area contributed by atoms with Gasteiger partial charge in [0.2, 0.25) is 0 Å². The highest BCUT2D eigenvalue weighted by atomic mass is 32.1. The first-order chi connectivity index (χ1) is 13.0. The van der Waals surface area contributed by atoms with Crippen molar-refractivity contribution in [1.82, 2.24) is 4.57 Å². The van der Waals surface area contributed by atoms with E-state index in [2.05, 4.69) is 4.99 Å². The molecule has 0 saturated carbocycles. The van der Waals surface area contributed by atoms with E-state index in [9.17, 15) is 13.6 Å². The molecule has 1 heterocycles. The molecule has 0 aliphatic rings. The Morgan fingerprint density at radius 3 is 2.63 bits per heavy atom. The molecular formula is C19H18F2N2O3S. The van der Waals surface area contributed by atoms with Crippen molar-refractivity contribution in [2.45, 2.75) is 13.5 Å². The minimum Gasteiger partial charge on any atom is -0.497 e. The fraction of sp³-hybridized carbons (Fsp3) is 0.263. The van der Waals surface area contributed by atoms with Gasteiger partial charge in [-0.15, -0.1) is 0 Å². The van der Waals surface area contributed by atoms with Gasteiger partial charge in [-0.25, -0.2) is 8.78 Å². The van der Waals surface area contributed by atoms with Gasteiger partial charge in [0.25, 0.3) is 5.91 Å². The largest absolute Gasteiger partial charge is 0.497 e. The van der Waals surface area contributed by atoms with E-state index in [1.807, 2.05) is 19.1 Å². The number of nitrogens with zero attached hydrogens (tertiary/aromatic N) is 2. The molecule has 0 bridgehead atoms. The minimum absolute atomic E-state index is 0.339. The number of thiazole rings is 1. The maximum absolute atomic E-state index is 13.9. The van der Waals surface area contributed by atoms with E-state index in [1.54, 1.807) is 17.7 Å². The summed E-state index contributed by atoms with van der Waals surface area (Å²) < 4.78 is 41.1. The van der Waals surface area contributed by atoms with Crippen molar-refractivity contribution < 1.29 is 23.0 Å². The average Bonchev–Trinajstić information content (AvgIpc) is 2.98. The first-order valence-corrected chi connectivity index (χ1v) is 9.15. The predicted octanol–water partition coefficient (Wildman–Crippen LogP) is 3.77. The van der Waals surface area contributed by atoms with Gasteiger partial charge in [0.1, 0.15) is 22.9 Å². The second-order valence-electron chi connectivity index (χ2n) is 5.58. The van der Waals surface area contributed by atoms with Gasteiger partial charge in [0.15, 0.2) is 4.80 Å². The van der Waals surface area contributed by atoms with Gasteiger partial charge in [-0.1, -0.05) is 17.4 Å². The lowest BCUT2D eigenvalue weighted by Gasteiger charge is -2.06. The molecule has 3 aromatic rings. The van der Waals surface area contributed by atoms with Crippen molar-refractivity contribution >= 4 is 27.5 Å². The van der Waals surface area contributed by atoms with E-state index in [0.29, 0.717) is 30.3 Å². The molecule has 0 aliphatic heterocycles. The zero-order valence-electron chi connectivity index (χ0n) is 14.9. The number of carbonyl (C=O) groups is 1. The Kier molecular flexibility index (Phi) is 5.98. The third-order valence-electron chi connectivity index (χ3n) is 3.93. The number of ether oxygens (including phenoxy) is 2. The fourth-order valence-electron chi connectivity index (χ4n) is 2.63. The fourth-order valence-corrected chi connectivity index (χ4v) is 3.71. The average molecular weight is 392 g/mol. The molecule has 0 atom stereocenters. The zero-order valence-corrected chi connectivity index (χ0v) is 15.7. The molecule has 2 aromatic carbocycles. The molecule has 5 nitrogen and oxygen atoms in total. The second kappa shape index (κ2) is 8.41. The Morgan fingerprint density at radius 1 is 1.22 bits per heavy atom. The van der Waals surface area contributed by atoms with Crippen LogP contribution in [-0.2, 0) is 11.3 Å². The summed E-state index contributed by atoms with van der Waals surface area (Å²) in [6.45, 7) is 3.31. The summed E-state index contributed by atoms with van der Waals surface area (Å²) in [4.78, 5) is 16.8. The third kappa shape index (κ3) is 4.06. The van der Waals surface area contributed by atoms with Gasteiger partial charge in [0.05, 0.1) is 23.9 Å². The molecule has 0 radical (unpaired) electrons. The van der Waals surface area contributed by atoms with Crippen molar-refractivity contribution in [2.75, 3.05) is 20.3 Å². The number of fused-ring (bicyclic) bond motifs is 1. The van der Waals surface area contributed by atoms with Crippen LogP contribution in [0, 0.1) is 11.6 Å². The number of hydrogen-bond acceptors (Lipinski definition) is 4. The highest BCUT2D eigenvalue weighted by molar-refractivity contribution is 7.16. The molecule has 0 N–H and O–H groups in total. The summed E-state index contributed by atoms with van der Waals surface area (Å²) >= 11 is 1.24. The number of rotatable bonds is 6. The maximum atomic E-state index is 13.9. The predicted molar refractivity (Wildman–Crippen MR) is 99.1 cm³/mol. The first-order valence-electron chi connectivity index (χ1n) is 8.33. The summed E-state index contributed by atoms with van der Waals surface area (Å²) in [6.07, 6.45) is 0. The Hall–Kier alpha value is -2.58. The topological polar surface area (TPSA) is 52.8 Å². The number of carbonyl (C=O) groups excluding carboxylic acids is 1. The van der Waals surface area contributed by atoms with Gasteiger partial charge < -0.3 is 14.0 Å². The van der Waals surface area contributed by atoms with E-state index in [4.69, 9.17) is 9.47 Å². The monoisotopic (exact) mass is 392 g/mol. The number of aromatic nitrogens is 1. The number of methoxy groups -OCH3 is 1. The van der Waals surface area contributed by atoms with Crippen LogP contribution in [0.1, 0.15) is 17.3 Å². The lowest BCUT2D eigenvalue weighted by Crippen LogP contribution is -2.20. The Labute approximate surface area is 158 Å². The number of hydrogen-bond donors (Lipinski definition) is 0. The van der Waals surface area contributed by atoms with Crippen molar-refractivity contribution in [3.05, 3.63) is 58.4 Å². The van der Waals surface area contributed by atoms with E-state index in [1.165, 1.54) is 17.4 Å². The Morgan fingerprint density at radius 2 is 1.96 bits per heavy atom. The van der Waals surface area contributed by atoms with Gasteiger partial charge in [-0.2, -0.15) is 4.99 Å². The van der Waals surface area contributed by atoms with Gasteiger partial charge in [0, 0.05) is 13.2 Å². The van der Waals surface area contributed by atoms with Crippen LogP contribution < -0.4 is 9.54 Å². The number of amides is 1. The van der Waals surface area contributed by atoms with Crippen LogP contribution in [-0.4, -0.2) is 30.8 Å². The quantitative estimate of drug-likeness (QED) is 0.600. The molecule has 8 heteroatoms. The number of halogens is 2. The first kappa shape index (κ1) is 19.2. The van der Waals surface area contributed by atoms with E-state index in [-0.39, 0.29) is 0 Å². The van der Waals surface area contributed by atoms with E-state index >= 15 is 0 Å². The summed E-state index contributed by atoms with van der Waals surface area (Å²) in [7, 11) is 1.56. The molecule has 0 aliphatic carbocycles. The molecule has 3 rings (SSSR count). The van der Waals surface area contributed by atoms with Gasteiger partial charge >= 0.3 is 0 Å².